The van der Waals surface area contributed by atoms with Crippen molar-refractivity contribution in [2.45, 2.75) is 13.0 Å². The van der Waals surface area contributed by atoms with Crippen molar-refractivity contribution in [1.82, 2.24) is 10.2 Å². The van der Waals surface area contributed by atoms with E-state index in [1.54, 1.807) is 12.1 Å². The number of benzene rings is 1. The lowest BCUT2D eigenvalue weighted by molar-refractivity contribution is -0.137. The Morgan fingerprint density at radius 3 is 3.10 bits per heavy atom. The standard InChI is InChI=1S/C16H21FN2O2/c1-2-21-10-15(20)19-9-12-7-18-8-14(12)16(19)11-4-3-5-13(17)6-11/h3-6,12,14,16,18H,2,7-10H2,1H3/t12-,14-,16+/m0/s1. The predicted molar refractivity (Wildman–Crippen MR) is 77.2 cm³/mol. The molecule has 21 heavy (non-hydrogen) atoms. The summed E-state index contributed by atoms with van der Waals surface area (Å²) in [5.41, 5.74) is 0.885. The third-order valence-electron chi connectivity index (χ3n) is 4.50. The van der Waals surface area contributed by atoms with Crippen molar-refractivity contribution in [3.05, 3.63) is 35.6 Å². The molecule has 2 fully saturated rings. The maximum atomic E-state index is 13.6. The summed E-state index contributed by atoms with van der Waals surface area (Å²) in [6.07, 6.45) is 0. The number of fused-ring (bicyclic) bond motifs is 1. The van der Waals surface area contributed by atoms with Gasteiger partial charge in [0.15, 0.2) is 0 Å². The molecule has 5 heteroatoms. The molecule has 0 aromatic heterocycles. The number of ether oxygens (including phenoxy) is 1. The van der Waals surface area contributed by atoms with E-state index in [1.165, 1.54) is 6.07 Å². The van der Waals surface area contributed by atoms with Crippen LogP contribution in [0.25, 0.3) is 0 Å². The van der Waals surface area contributed by atoms with Gasteiger partial charge < -0.3 is 15.0 Å². The van der Waals surface area contributed by atoms with Gasteiger partial charge in [0, 0.05) is 32.2 Å². The number of carbonyl (C=O) groups is 1. The lowest BCUT2D eigenvalue weighted by Gasteiger charge is -2.28. The molecule has 2 heterocycles. The van der Waals surface area contributed by atoms with Crippen LogP contribution in [0.1, 0.15) is 18.5 Å². The number of carbonyl (C=O) groups excluding carboxylic acids is 1. The summed E-state index contributed by atoms with van der Waals surface area (Å²) in [7, 11) is 0. The van der Waals surface area contributed by atoms with Gasteiger partial charge in [0.1, 0.15) is 12.4 Å². The van der Waals surface area contributed by atoms with E-state index in [9.17, 15) is 9.18 Å². The maximum Gasteiger partial charge on any atom is 0.249 e. The molecule has 0 unspecified atom stereocenters. The molecular formula is C16H21FN2O2. The van der Waals surface area contributed by atoms with Crippen LogP contribution in [0.3, 0.4) is 0 Å². The molecule has 2 saturated heterocycles. The molecule has 0 radical (unpaired) electrons. The van der Waals surface area contributed by atoms with Crippen molar-refractivity contribution in [3.8, 4) is 0 Å². The van der Waals surface area contributed by atoms with Gasteiger partial charge in [-0.25, -0.2) is 4.39 Å². The molecule has 0 spiro atoms. The Balaban J connectivity index is 1.86. The second-order valence-corrected chi connectivity index (χ2v) is 5.77. The largest absolute Gasteiger partial charge is 0.372 e. The highest BCUT2D eigenvalue weighted by molar-refractivity contribution is 5.78. The smallest absolute Gasteiger partial charge is 0.249 e. The SMILES string of the molecule is CCOCC(=O)N1C[C@@H]2CNC[C@@H]2[C@H]1c1cccc(F)c1. The molecule has 1 N–H and O–H groups in total. The number of nitrogens with one attached hydrogen (secondary N) is 1. The van der Waals surface area contributed by atoms with E-state index in [2.05, 4.69) is 5.32 Å². The van der Waals surface area contributed by atoms with Crippen LogP contribution in [0, 0.1) is 17.7 Å². The second-order valence-electron chi connectivity index (χ2n) is 5.77. The summed E-state index contributed by atoms with van der Waals surface area (Å²) in [5, 5.41) is 3.38. The van der Waals surface area contributed by atoms with E-state index in [4.69, 9.17) is 4.74 Å². The van der Waals surface area contributed by atoms with Crippen molar-refractivity contribution < 1.29 is 13.9 Å². The van der Waals surface area contributed by atoms with Gasteiger partial charge in [0.25, 0.3) is 0 Å². The molecule has 1 aromatic rings. The highest BCUT2D eigenvalue weighted by Crippen LogP contribution is 2.42. The first kappa shape index (κ1) is 14.5. The van der Waals surface area contributed by atoms with E-state index in [0.29, 0.717) is 18.4 Å². The number of hydrogen-bond donors (Lipinski definition) is 1. The third kappa shape index (κ3) is 2.80. The molecule has 0 bridgehead atoms. The lowest BCUT2D eigenvalue weighted by Crippen LogP contribution is -2.37. The van der Waals surface area contributed by atoms with E-state index < -0.39 is 0 Å². The fourth-order valence-corrected chi connectivity index (χ4v) is 3.57. The number of nitrogens with zero attached hydrogens (tertiary/aromatic N) is 1. The van der Waals surface area contributed by atoms with E-state index in [-0.39, 0.29) is 24.4 Å². The van der Waals surface area contributed by atoms with Crippen molar-refractivity contribution >= 4 is 5.91 Å². The molecule has 3 rings (SSSR count). The first-order chi connectivity index (χ1) is 10.2. The van der Waals surface area contributed by atoms with Crippen molar-refractivity contribution in [2.24, 2.45) is 11.8 Å². The Kier molecular flexibility index (Phi) is 4.22. The molecule has 1 aromatic carbocycles. The van der Waals surface area contributed by atoms with Gasteiger partial charge in [0.2, 0.25) is 5.91 Å². The number of hydrogen-bond acceptors (Lipinski definition) is 3. The maximum absolute atomic E-state index is 13.6. The fourth-order valence-electron chi connectivity index (χ4n) is 3.57. The highest BCUT2D eigenvalue weighted by Gasteiger charge is 2.46. The molecule has 4 nitrogen and oxygen atoms in total. The summed E-state index contributed by atoms with van der Waals surface area (Å²) in [6.45, 7) is 5.04. The number of rotatable bonds is 4. The minimum Gasteiger partial charge on any atom is -0.372 e. The number of likely N-dealkylation sites (tertiary alicyclic amines) is 1. The zero-order valence-corrected chi connectivity index (χ0v) is 12.2. The van der Waals surface area contributed by atoms with Gasteiger partial charge in [0.05, 0.1) is 6.04 Å². The normalized spacial score (nSPS) is 27.9. The molecule has 114 valence electrons. The van der Waals surface area contributed by atoms with Crippen LogP contribution in [0.15, 0.2) is 24.3 Å². The fraction of sp³-hybridized carbons (Fsp3) is 0.562. The summed E-state index contributed by atoms with van der Waals surface area (Å²) in [6, 6.07) is 6.57. The zero-order chi connectivity index (χ0) is 14.8. The summed E-state index contributed by atoms with van der Waals surface area (Å²) < 4.78 is 18.8. The van der Waals surface area contributed by atoms with Crippen LogP contribution < -0.4 is 5.32 Å². The van der Waals surface area contributed by atoms with Gasteiger partial charge >= 0.3 is 0 Å². The number of halogens is 1. The van der Waals surface area contributed by atoms with Gasteiger partial charge in [-0.05, 0) is 30.5 Å². The quantitative estimate of drug-likeness (QED) is 0.916. The van der Waals surface area contributed by atoms with Gasteiger partial charge in [-0.1, -0.05) is 12.1 Å². The minimum absolute atomic E-state index is 0.000473. The predicted octanol–water partition coefficient (Wildman–Crippen LogP) is 1.58. The van der Waals surface area contributed by atoms with Crippen molar-refractivity contribution in [2.75, 3.05) is 32.8 Å². The summed E-state index contributed by atoms with van der Waals surface area (Å²) in [5.74, 6) is 0.556. The van der Waals surface area contributed by atoms with E-state index in [1.807, 2.05) is 17.9 Å². The lowest BCUT2D eigenvalue weighted by atomic mass is 9.89. The first-order valence-corrected chi connectivity index (χ1v) is 7.54. The molecular weight excluding hydrogens is 271 g/mol. The van der Waals surface area contributed by atoms with Crippen LogP contribution in [-0.2, 0) is 9.53 Å². The van der Waals surface area contributed by atoms with Crippen LogP contribution >= 0.6 is 0 Å². The Labute approximate surface area is 124 Å². The molecule has 2 aliphatic rings. The average Bonchev–Trinajstić information content (AvgIpc) is 3.04. The Morgan fingerprint density at radius 2 is 2.33 bits per heavy atom. The summed E-state index contributed by atoms with van der Waals surface area (Å²) >= 11 is 0. The first-order valence-electron chi connectivity index (χ1n) is 7.54. The Bertz CT molecular complexity index is 523. The third-order valence-corrected chi connectivity index (χ3v) is 4.50. The molecule has 2 aliphatic heterocycles. The zero-order valence-electron chi connectivity index (χ0n) is 12.2. The summed E-state index contributed by atoms with van der Waals surface area (Å²) in [4.78, 5) is 14.3. The average molecular weight is 292 g/mol. The van der Waals surface area contributed by atoms with Crippen molar-refractivity contribution in [3.63, 3.8) is 0 Å². The Morgan fingerprint density at radius 1 is 1.48 bits per heavy atom. The van der Waals surface area contributed by atoms with Gasteiger partial charge in [-0.3, -0.25) is 4.79 Å². The van der Waals surface area contributed by atoms with E-state index >= 15 is 0 Å². The molecule has 3 atom stereocenters. The second kappa shape index (κ2) is 6.12. The Hall–Kier alpha value is -1.46. The van der Waals surface area contributed by atoms with E-state index in [0.717, 1.165) is 25.2 Å². The monoisotopic (exact) mass is 292 g/mol. The van der Waals surface area contributed by atoms with Gasteiger partial charge in [-0.2, -0.15) is 0 Å². The highest BCUT2D eigenvalue weighted by atomic mass is 19.1. The number of amides is 1. The topological polar surface area (TPSA) is 41.6 Å². The molecule has 0 aliphatic carbocycles. The minimum atomic E-state index is -0.251. The van der Waals surface area contributed by atoms with Gasteiger partial charge in [-0.15, -0.1) is 0 Å². The molecule has 1 amide bonds. The molecule has 0 saturated carbocycles. The van der Waals surface area contributed by atoms with Crippen LogP contribution in [0.4, 0.5) is 4.39 Å². The van der Waals surface area contributed by atoms with Crippen molar-refractivity contribution in [1.29, 1.82) is 0 Å². The van der Waals surface area contributed by atoms with Crippen LogP contribution in [-0.4, -0.2) is 43.7 Å². The van der Waals surface area contributed by atoms with Crippen LogP contribution in [0.2, 0.25) is 0 Å². The van der Waals surface area contributed by atoms with Crippen LogP contribution in [0.5, 0.6) is 0 Å².